The first kappa shape index (κ1) is 15.6. The van der Waals surface area contributed by atoms with Gasteiger partial charge >= 0.3 is 0 Å². The zero-order valence-corrected chi connectivity index (χ0v) is 12.8. The molecule has 0 amide bonds. The van der Waals surface area contributed by atoms with Crippen LogP contribution in [-0.4, -0.2) is 38.3 Å². The van der Waals surface area contributed by atoms with Crippen LogP contribution in [0.3, 0.4) is 0 Å². The SMILES string of the molecule is CCOCCN(C)CCC(N)c1ccccc1Br. The van der Waals surface area contributed by atoms with Crippen molar-refractivity contribution in [1.82, 2.24) is 4.90 Å². The fraction of sp³-hybridized carbons (Fsp3) is 0.571. The van der Waals surface area contributed by atoms with Gasteiger partial charge in [-0.3, -0.25) is 0 Å². The van der Waals surface area contributed by atoms with Crippen LogP contribution < -0.4 is 5.73 Å². The molecular weight excluding hydrogens is 292 g/mol. The van der Waals surface area contributed by atoms with Crippen LogP contribution in [-0.2, 0) is 4.74 Å². The molecule has 1 rings (SSSR count). The van der Waals surface area contributed by atoms with E-state index in [1.165, 1.54) is 5.56 Å². The first-order valence-electron chi connectivity index (χ1n) is 6.41. The normalized spacial score (nSPS) is 12.9. The third-order valence-corrected chi connectivity index (χ3v) is 3.67. The van der Waals surface area contributed by atoms with Crippen LogP contribution in [0.2, 0.25) is 0 Å². The number of nitrogens with zero attached hydrogens (tertiary/aromatic N) is 1. The minimum atomic E-state index is 0.0788. The number of hydrogen-bond acceptors (Lipinski definition) is 3. The van der Waals surface area contributed by atoms with Gasteiger partial charge < -0.3 is 15.4 Å². The number of rotatable bonds is 8. The maximum absolute atomic E-state index is 6.21. The molecule has 102 valence electrons. The quantitative estimate of drug-likeness (QED) is 0.750. The van der Waals surface area contributed by atoms with E-state index in [0.29, 0.717) is 0 Å². The lowest BCUT2D eigenvalue weighted by Gasteiger charge is -2.20. The number of benzene rings is 1. The molecule has 4 heteroatoms. The largest absolute Gasteiger partial charge is 0.380 e. The van der Waals surface area contributed by atoms with Crippen LogP contribution in [0.4, 0.5) is 0 Å². The van der Waals surface area contributed by atoms with Gasteiger partial charge in [0.15, 0.2) is 0 Å². The Morgan fingerprint density at radius 3 is 2.72 bits per heavy atom. The van der Waals surface area contributed by atoms with Gasteiger partial charge in [-0.25, -0.2) is 0 Å². The minimum absolute atomic E-state index is 0.0788. The summed E-state index contributed by atoms with van der Waals surface area (Å²) in [6.07, 6.45) is 0.950. The van der Waals surface area contributed by atoms with E-state index in [1.807, 2.05) is 25.1 Å². The van der Waals surface area contributed by atoms with Crippen molar-refractivity contribution < 1.29 is 4.74 Å². The summed E-state index contributed by atoms with van der Waals surface area (Å²) >= 11 is 3.54. The maximum atomic E-state index is 6.21. The molecule has 0 heterocycles. The topological polar surface area (TPSA) is 38.5 Å². The highest BCUT2D eigenvalue weighted by Crippen LogP contribution is 2.23. The Bertz CT molecular complexity index is 346. The van der Waals surface area contributed by atoms with Crippen LogP contribution >= 0.6 is 15.9 Å². The Labute approximate surface area is 118 Å². The fourth-order valence-corrected chi connectivity index (χ4v) is 2.35. The van der Waals surface area contributed by atoms with Crippen molar-refractivity contribution in [2.45, 2.75) is 19.4 Å². The summed E-state index contributed by atoms with van der Waals surface area (Å²) < 4.78 is 6.43. The van der Waals surface area contributed by atoms with Gasteiger partial charge in [0, 0.05) is 23.7 Å². The molecule has 0 aliphatic rings. The molecule has 1 aromatic rings. The molecule has 18 heavy (non-hydrogen) atoms. The number of nitrogens with two attached hydrogens (primary N) is 1. The van der Waals surface area contributed by atoms with Crippen molar-refractivity contribution in [3.05, 3.63) is 34.3 Å². The van der Waals surface area contributed by atoms with E-state index in [4.69, 9.17) is 10.5 Å². The molecule has 0 aliphatic heterocycles. The predicted molar refractivity (Wildman–Crippen MR) is 79.7 cm³/mol. The van der Waals surface area contributed by atoms with Gasteiger partial charge in [-0.1, -0.05) is 34.1 Å². The van der Waals surface area contributed by atoms with Gasteiger partial charge in [0.1, 0.15) is 0 Å². The van der Waals surface area contributed by atoms with Gasteiger partial charge in [-0.15, -0.1) is 0 Å². The second-order valence-corrected chi connectivity index (χ2v) is 5.27. The molecular formula is C14H23BrN2O. The van der Waals surface area contributed by atoms with E-state index >= 15 is 0 Å². The smallest absolute Gasteiger partial charge is 0.0593 e. The van der Waals surface area contributed by atoms with Crippen molar-refractivity contribution >= 4 is 15.9 Å². The standard InChI is InChI=1S/C14H23BrN2O/c1-3-18-11-10-17(2)9-8-14(16)12-6-4-5-7-13(12)15/h4-7,14H,3,8-11,16H2,1-2H3. The van der Waals surface area contributed by atoms with Crippen LogP contribution in [0.25, 0.3) is 0 Å². The molecule has 1 aromatic carbocycles. The van der Waals surface area contributed by atoms with Gasteiger partial charge in [0.2, 0.25) is 0 Å². The Balaban J connectivity index is 2.32. The first-order valence-corrected chi connectivity index (χ1v) is 7.20. The monoisotopic (exact) mass is 314 g/mol. The molecule has 0 bridgehead atoms. The Morgan fingerprint density at radius 2 is 2.06 bits per heavy atom. The summed E-state index contributed by atoms with van der Waals surface area (Å²) in [6.45, 7) is 5.52. The molecule has 0 spiro atoms. The van der Waals surface area contributed by atoms with E-state index in [2.05, 4.69) is 33.9 Å². The van der Waals surface area contributed by atoms with Crippen molar-refractivity contribution in [2.24, 2.45) is 5.73 Å². The van der Waals surface area contributed by atoms with Crippen molar-refractivity contribution in [2.75, 3.05) is 33.4 Å². The van der Waals surface area contributed by atoms with Gasteiger partial charge in [-0.2, -0.15) is 0 Å². The summed E-state index contributed by atoms with van der Waals surface area (Å²) in [5.41, 5.74) is 7.39. The highest BCUT2D eigenvalue weighted by atomic mass is 79.9. The van der Waals surface area contributed by atoms with Crippen LogP contribution in [0.5, 0.6) is 0 Å². The highest BCUT2D eigenvalue weighted by Gasteiger charge is 2.10. The summed E-state index contributed by atoms with van der Waals surface area (Å²) in [5.74, 6) is 0. The number of halogens is 1. The van der Waals surface area contributed by atoms with E-state index in [9.17, 15) is 0 Å². The molecule has 0 saturated heterocycles. The summed E-state index contributed by atoms with van der Waals surface area (Å²) in [6, 6.07) is 8.23. The van der Waals surface area contributed by atoms with Gasteiger partial charge in [-0.05, 0) is 38.6 Å². The van der Waals surface area contributed by atoms with Crippen LogP contribution in [0.1, 0.15) is 24.9 Å². The lowest BCUT2D eigenvalue weighted by molar-refractivity contribution is 0.121. The van der Waals surface area contributed by atoms with Crippen LogP contribution in [0, 0.1) is 0 Å². The average molecular weight is 315 g/mol. The lowest BCUT2D eigenvalue weighted by Crippen LogP contribution is -2.27. The molecule has 2 N–H and O–H groups in total. The molecule has 0 fully saturated rings. The molecule has 0 radical (unpaired) electrons. The van der Waals surface area contributed by atoms with E-state index in [-0.39, 0.29) is 6.04 Å². The predicted octanol–water partition coefficient (Wildman–Crippen LogP) is 2.81. The minimum Gasteiger partial charge on any atom is -0.380 e. The molecule has 0 saturated carbocycles. The van der Waals surface area contributed by atoms with Crippen molar-refractivity contribution in [3.63, 3.8) is 0 Å². The molecule has 0 aromatic heterocycles. The van der Waals surface area contributed by atoms with Gasteiger partial charge in [0.25, 0.3) is 0 Å². The Kier molecular flexibility index (Phi) is 7.51. The van der Waals surface area contributed by atoms with Gasteiger partial charge in [0.05, 0.1) is 6.61 Å². The number of likely N-dealkylation sites (N-methyl/N-ethyl adjacent to an activating group) is 1. The van der Waals surface area contributed by atoms with Crippen molar-refractivity contribution in [3.8, 4) is 0 Å². The molecule has 0 aliphatic carbocycles. The summed E-state index contributed by atoms with van der Waals surface area (Å²) in [7, 11) is 2.10. The van der Waals surface area contributed by atoms with E-state index < -0.39 is 0 Å². The second kappa shape index (κ2) is 8.64. The zero-order chi connectivity index (χ0) is 13.4. The summed E-state index contributed by atoms with van der Waals surface area (Å²) in [5, 5.41) is 0. The third-order valence-electron chi connectivity index (χ3n) is 2.95. The third kappa shape index (κ3) is 5.48. The molecule has 1 unspecified atom stereocenters. The molecule has 1 atom stereocenters. The van der Waals surface area contributed by atoms with Crippen molar-refractivity contribution in [1.29, 1.82) is 0 Å². The van der Waals surface area contributed by atoms with E-state index in [1.54, 1.807) is 0 Å². The average Bonchev–Trinajstić information content (AvgIpc) is 2.37. The maximum Gasteiger partial charge on any atom is 0.0593 e. The second-order valence-electron chi connectivity index (χ2n) is 4.42. The highest BCUT2D eigenvalue weighted by molar-refractivity contribution is 9.10. The zero-order valence-electron chi connectivity index (χ0n) is 11.2. The fourth-order valence-electron chi connectivity index (χ4n) is 1.77. The lowest BCUT2D eigenvalue weighted by atomic mass is 10.0. The summed E-state index contributed by atoms with van der Waals surface area (Å²) in [4.78, 5) is 2.26. The number of hydrogen-bond donors (Lipinski definition) is 1. The first-order chi connectivity index (χ1) is 8.65. The van der Waals surface area contributed by atoms with E-state index in [0.717, 1.165) is 37.2 Å². The molecule has 3 nitrogen and oxygen atoms in total. The Hall–Kier alpha value is -0.420. The number of ether oxygens (including phenoxy) is 1. The Morgan fingerprint density at radius 1 is 1.33 bits per heavy atom. The van der Waals surface area contributed by atoms with Crippen LogP contribution in [0.15, 0.2) is 28.7 Å².